The summed E-state index contributed by atoms with van der Waals surface area (Å²) >= 11 is 0. The fourth-order valence-corrected chi connectivity index (χ4v) is 2.36. The number of rotatable bonds is 3. The van der Waals surface area contributed by atoms with Crippen LogP contribution in [0.25, 0.3) is 0 Å². The lowest BCUT2D eigenvalue weighted by Crippen LogP contribution is -2.55. The van der Waals surface area contributed by atoms with Crippen LogP contribution in [0.1, 0.15) is 13.8 Å². The van der Waals surface area contributed by atoms with Gasteiger partial charge in [0.05, 0.1) is 18.8 Å². The molecular formula is C15H20N2O4. The third-order valence-corrected chi connectivity index (χ3v) is 3.29. The number of carboxylic acid groups (broad SMARTS) is 1. The number of benzene rings is 1. The quantitative estimate of drug-likeness (QED) is 0.922. The summed E-state index contributed by atoms with van der Waals surface area (Å²) in [6.07, 6.45) is 0. The van der Waals surface area contributed by atoms with Crippen molar-refractivity contribution in [2.45, 2.75) is 19.4 Å². The second-order valence-electron chi connectivity index (χ2n) is 5.63. The molecule has 1 aliphatic heterocycles. The van der Waals surface area contributed by atoms with Gasteiger partial charge < -0.3 is 14.7 Å². The van der Waals surface area contributed by atoms with Gasteiger partial charge in [0.15, 0.2) is 0 Å². The number of nitrogens with zero attached hydrogens (tertiary/aromatic N) is 2. The van der Waals surface area contributed by atoms with Crippen LogP contribution in [0.4, 0.5) is 10.5 Å². The van der Waals surface area contributed by atoms with Crippen molar-refractivity contribution in [3.63, 3.8) is 0 Å². The largest absolute Gasteiger partial charge is 0.480 e. The monoisotopic (exact) mass is 292 g/mol. The van der Waals surface area contributed by atoms with Crippen molar-refractivity contribution in [3.05, 3.63) is 30.3 Å². The van der Waals surface area contributed by atoms with Crippen molar-refractivity contribution in [3.8, 4) is 0 Å². The Morgan fingerprint density at radius 1 is 1.33 bits per heavy atom. The Bertz CT molecular complexity index is 516. The lowest BCUT2D eigenvalue weighted by Gasteiger charge is -2.40. The van der Waals surface area contributed by atoms with Crippen molar-refractivity contribution in [2.75, 3.05) is 31.1 Å². The Kier molecular flexibility index (Phi) is 4.47. The van der Waals surface area contributed by atoms with E-state index in [2.05, 4.69) is 0 Å². The minimum Gasteiger partial charge on any atom is -0.480 e. The van der Waals surface area contributed by atoms with Crippen LogP contribution in [0.3, 0.4) is 0 Å². The second-order valence-corrected chi connectivity index (χ2v) is 5.63. The van der Waals surface area contributed by atoms with E-state index in [9.17, 15) is 9.59 Å². The number of aliphatic carboxylic acids is 1. The zero-order chi connectivity index (χ0) is 15.5. The van der Waals surface area contributed by atoms with Crippen LogP contribution in [0, 0.1) is 0 Å². The normalized spacial score (nSPS) is 17.3. The highest BCUT2D eigenvalue weighted by Crippen LogP contribution is 2.20. The van der Waals surface area contributed by atoms with Crippen LogP contribution in [0.2, 0.25) is 0 Å². The number of anilines is 1. The number of morpholine rings is 1. The summed E-state index contributed by atoms with van der Waals surface area (Å²) in [6.45, 7) is 4.82. The molecular weight excluding hydrogens is 272 g/mol. The van der Waals surface area contributed by atoms with Crippen LogP contribution in [-0.2, 0) is 9.53 Å². The maximum absolute atomic E-state index is 12.7. The molecule has 1 heterocycles. The van der Waals surface area contributed by atoms with Gasteiger partial charge in [-0.25, -0.2) is 4.79 Å². The molecule has 6 heteroatoms. The number of para-hydroxylation sites is 1. The van der Waals surface area contributed by atoms with E-state index in [1.807, 2.05) is 19.9 Å². The van der Waals surface area contributed by atoms with Crippen LogP contribution >= 0.6 is 0 Å². The van der Waals surface area contributed by atoms with Crippen LogP contribution < -0.4 is 4.90 Å². The van der Waals surface area contributed by atoms with E-state index in [0.717, 1.165) is 0 Å². The Morgan fingerprint density at radius 2 is 2.00 bits per heavy atom. The van der Waals surface area contributed by atoms with E-state index in [0.29, 0.717) is 25.4 Å². The fraction of sp³-hybridized carbons (Fsp3) is 0.467. The first-order valence-corrected chi connectivity index (χ1v) is 6.86. The lowest BCUT2D eigenvalue weighted by atomic mass is 10.1. The molecule has 0 spiro atoms. The van der Waals surface area contributed by atoms with Gasteiger partial charge in [0.2, 0.25) is 0 Å². The topological polar surface area (TPSA) is 70.1 Å². The molecule has 21 heavy (non-hydrogen) atoms. The molecule has 6 nitrogen and oxygen atoms in total. The summed E-state index contributed by atoms with van der Waals surface area (Å²) < 4.78 is 5.58. The zero-order valence-corrected chi connectivity index (χ0v) is 12.3. The lowest BCUT2D eigenvalue weighted by molar-refractivity contribution is -0.135. The summed E-state index contributed by atoms with van der Waals surface area (Å²) in [7, 11) is 0. The molecule has 1 saturated heterocycles. The van der Waals surface area contributed by atoms with Gasteiger partial charge in [-0.05, 0) is 26.0 Å². The van der Waals surface area contributed by atoms with Crippen molar-refractivity contribution in [2.24, 2.45) is 0 Å². The van der Waals surface area contributed by atoms with Crippen LogP contribution in [-0.4, -0.2) is 53.8 Å². The van der Waals surface area contributed by atoms with Gasteiger partial charge in [0.25, 0.3) is 0 Å². The number of carbonyl (C=O) groups excluding carboxylic acids is 1. The molecule has 0 bridgehead atoms. The number of ether oxygens (including phenoxy) is 1. The van der Waals surface area contributed by atoms with E-state index in [1.54, 1.807) is 29.2 Å². The summed E-state index contributed by atoms with van der Waals surface area (Å²) in [5, 5.41) is 9.06. The molecule has 1 N–H and O–H groups in total. The first-order chi connectivity index (χ1) is 9.89. The van der Waals surface area contributed by atoms with Gasteiger partial charge >= 0.3 is 12.0 Å². The minimum absolute atomic E-state index is 0.306. The number of carbonyl (C=O) groups is 2. The minimum atomic E-state index is -1.04. The number of amides is 2. The average molecular weight is 292 g/mol. The van der Waals surface area contributed by atoms with E-state index in [-0.39, 0.29) is 12.6 Å². The van der Waals surface area contributed by atoms with Crippen molar-refractivity contribution < 1.29 is 19.4 Å². The maximum Gasteiger partial charge on any atom is 0.325 e. The summed E-state index contributed by atoms with van der Waals surface area (Å²) in [4.78, 5) is 26.6. The summed E-state index contributed by atoms with van der Waals surface area (Å²) in [5.41, 5.74) is 0.161. The van der Waals surface area contributed by atoms with Crippen LogP contribution in [0.15, 0.2) is 30.3 Å². The molecule has 114 valence electrons. The molecule has 0 atom stereocenters. The van der Waals surface area contributed by atoms with Gasteiger partial charge in [-0.1, -0.05) is 18.2 Å². The zero-order valence-electron chi connectivity index (χ0n) is 12.3. The third-order valence-electron chi connectivity index (χ3n) is 3.29. The van der Waals surface area contributed by atoms with Gasteiger partial charge in [0.1, 0.15) is 6.54 Å². The molecule has 2 amide bonds. The first kappa shape index (κ1) is 15.3. The van der Waals surface area contributed by atoms with Crippen molar-refractivity contribution in [1.82, 2.24) is 4.90 Å². The standard InChI is InChI=1S/C15H20N2O4/c1-15(2)11-16(8-9-21-15)14(20)17(10-13(18)19)12-6-4-3-5-7-12/h3-7H,8-11H2,1-2H3,(H,18,19). The molecule has 0 unspecified atom stereocenters. The summed E-state index contributed by atoms with van der Waals surface area (Å²) in [6, 6.07) is 8.53. The van der Waals surface area contributed by atoms with Gasteiger partial charge in [0, 0.05) is 12.2 Å². The number of carboxylic acids is 1. The van der Waals surface area contributed by atoms with Crippen molar-refractivity contribution >= 4 is 17.7 Å². The average Bonchev–Trinajstić information content (AvgIpc) is 2.44. The van der Waals surface area contributed by atoms with Gasteiger partial charge in [-0.2, -0.15) is 0 Å². The molecule has 2 rings (SSSR count). The van der Waals surface area contributed by atoms with Gasteiger partial charge in [-0.15, -0.1) is 0 Å². The highest BCUT2D eigenvalue weighted by atomic mass is 16.5. The number of hydrogen-bond donors (Lipinski definition) is 1. The molecule has 1 aliphatic rings. The number of urea groups is 1. The smallest absolute Gasteiger partial charge is 0.325 e. The highest BCUT2D eigenvalue weighted by molar-refractivity contribution is 5.96. The third kappa shape index (κ3) is 3.95. The summed E-state index contributed by atoms with van der Waals surface area (Å²) in [5.74, 6) is -1.04. The molecule has 0 radical (unpaired) electrons. The van der Waals surface area contributed by atoms with Crippen LogP contribution in [0.5, 0.6) is 0 Å². The Labute approximate surface area is 123 Å². The second kappa shape index (κ2) is 6.13. The maximum atomic E-state index is 12.7. The van der Waals surface area contributed by atoms with E-state index >= 15 is 0 Å². The fourth-order valence-electron chi connectivity index (χ4n) is 2.36. The first-order valence-electron chi connectivity index (χ1n) is 6.86. The van der Waals surface area contributed by atoms with Crippen molar-refractivity contribution in [1.29, 1.82) is 0 Å². The predicted molar refractivity (Wildman–Crippen MR) is 78.4 cm³/mol. The number of hydrogen-bond acceptors (Lipinski definition) is 3. The van der Waals surface area contributed by atoms with E-state index in [1.165, 1.54) is 4.90 Å². The Morgan fingerprint density at radius 3 is 2.57 bits per heavy atom. The molecule has 0 saturated carbocycles. The van der Waals surface area contributed by atoms with E-state index < -0.39 is 11.6 Å². The SMILES string of the molecule is CC1(C)CN(C(=O)N(CC(=O)O)c2ccccc2)CCO1. The molecule has 0 aromatic heterocycles. The molecule has 1 aromatic rings. The Hall–Kier alpha value is -2.08. The van der Waals surface area contributed by atoms with E-state index in [4.69, 9.17) is 9.84 Å². The Balaban J connectivity index is 2.20. The van der Waals surface area contributed by atoms with Gasteiger partial charge in [-0.3, -0.25) is 9.69 Å². The predicted octanol–water partition coefficient (Wildman–Crippen LogP) is 1.81. The highest BCUT2D eigenvalue weighted by Gasteiger charge is 2.33. The molecule has 1 fully saturated rings. The molecule has 1 aromatic carbocycles. The molecule has 0 aliphatic carbocycles.